The molecule has 3 N–H and O–H groups in total. The fourth-order valence-corrected chi connectivity index (χ4v) is 0. The van der Waals surface area contributed by atoms with Gasteiger partial charge in [0.15, 0.2) is 30.1 Å². The van der Waals surface area contributed by atoms with E-state index in [1.54, 1.807) is 0 Å². The third-order valence-corrected chi connectivity index (χ3v) is 2.74. The molecule has 0 fully saturated rings. The second-order valence-electron chi connectivity index (χ2n) is 2.85. The van der Waals surface area contributed by atoms with Gasteiger partial charge in [0.1, 0.15) is 0 Å². The second kappa shape index (κ2) is 13.9. The van der Waals surface area contributed by atoms with Gasteiger partial charge in [-0.05, 0) is 0 Å². The van der Waals surface area contributed by atoms with Gasteiger partial charge in [-0.25, -0.2) is 25.3 Å². The van der Waals surface area contributed by atoms with E-state index in [0.717, 1.165) is 0 Å². The molecule has 0 aromatic carbocycles. The average molecular weight is 497 g/mol. The standard InChI is InChI=1S/3CHF3NO2S.Li.2Na/c3*2-1(3,4)8(5,6)7;;;/h3*(H-,5,6,7);;;/q3*-1;3*+1. The smallest absolute Gasteiger partial charge is 0.556 e. The fraction of sp³-hybridized carbons (Fsp3) is 1.00. The zero-order valence-electron chi connectivity index (χ0n) is 13.1. The van der Waals surface area contributed by atoms with Crippen molar-refractivity contribution in [3.05, 3.63) is 15.4 Å². The van der Waals surface area contributed by atoms with Crippen molar-refractivity contribution in [1.82, 2.24) is 0 Å². The van der Waals surface area contributed by atoms with Crippen molar-refractivity contribution in [3.63, 3.8) is 0 Å². The van der Waals surface area contributed by atoms with Gasteiger partial charge >= 0.3 is 94.5 Å². The first kappa shape index (κ1) is 42.7. The Bertz CT molecular complexity index is 615. The number of rotatable bonds is 0. The van der Waals surface area contributed by atoms with Crippen LogP contribution in [0, 0.1) is 0 Å². The number of sulfonamides is 3. The Balaban J connectivity index is -0.0000000580. The molecule has 0 radical (unpaired) electrons. The predicted molar refractivity (Wildman–Crippen MR) is 57.9 cm³/mol. The zero-order chi connectivity index (χ0) is 21.0. The van der Waals surface area contributed by atoms with Crippen molar-refractivity contribution < 1.29 is 143 Å². The Morgan fingerprint density at radius 2 is 0.481 bits per heavy atom. The first-order valence-electron chi connectivity index (χ1n) is 3.93. The minimum absolute atomic E-state index is 0. The Kier molecular flexibility index (Phi) is 22.0. The third-order valence-electron chi connectivity index (χ3n) is 0.914. The molecule has 0 heterocycles. The first-order chi connectivity index (χ1) is 9.75. The molecule has 0 rings (SSSR count). The van der Waals surface area contributed by atoms with Crippen LogP contribution in [0.4, 0.5) is 39.5 Å². The van der Waals surface area contributed by atoms with E-state index in [0.29, 0.717) is 0 Å². The molecule has 9 nitrogen and oxygen atoms in total. The van der Waals surface area contributed by atoms with E-state index in [-0.39, 0.29) is 78.0 Å². The number of hydrogen-bond acceptors (Lipinski definition) is 6. The number of alkyl halides is 9. The van der Waals surface area contributed by atoms with Gasteiger partial charge in [0, 0.05) is 0 Å². The van der Waals surface area contributed by atoms with Crippen LogP contribution in [-0.4, -0.2) is 41.8 Å². The van der Waals surface area contributed by atoms with Crippen molar-refractivity contribution in [2.24, 2.45) is 0 Å². The average Bonchev–Trinajstić information content (AvgIpc) is 2.08. The van der Waals surface area contributed by atoms with Crippen molar-refractivity contribution >= 4 is 30.1 Å². The van der Waals surface area contributed by atoms with Crippen molar-refractivity contribution in [2.75, 3.05) is 0 Å². The summed E-state index contributed by atoms with van der Waals surface area (Å²) in [5.74, 6) is 0. The van der Waals surface area contributed by atoms with Crippen molar-refractivity contribution in [2.45, 2.75) is 16.5 Å². The maximum atomic E-state index is 10.8. The van der Waals surface area contributed by atoms with Crippen LogP contribution in [0.15, 0.2) is 0 Å². The summed E-state index contributed by atoms with van der Waals surface area (Å²) in [6.07, 6.45) is 0. The first-order valence-corrected chi connectivity index (χ1v) is 8.38. The van der Waals surface area contributed by atoms with E-state index in [1.165, 1.54) is 0 Å². The predicted octanol–water partition coefficient (Wildman–Crippen LogP) is -6.32. The van der Waals surface area contributed by atoms with Gasteiger partial charge in [-0.15, -0.1) is 0 Å². The maximum Gasteiger partial charge on any atom is 1.00 e. The molecule has 0 saturated heterocycles. The molecule has 27 heavy (non-hydrogen) atoms. The largest absolute Gasteiger partial charge is 1.00 e. The molecule has 0 aromatic rings. The number of hydrogen-bond donors (Lipinski definition) is 0. The van der Waals surface area contributed by atoms with Gasteiger partial charge in [-0.3, -0.25) is 0 Å². The van der Waals surface area contributed by atoms with Gasteiger partial charge in [-0.2, -0.15) is 39.5 Å². The molecule has 0 aliphatic rings. The topological polar surface area (TPSA) is 174 Å². The van der Waals surface area contributed by atoms with Crippen molar-refractivity contribution in [1.29, 1.82) is 0 Å². The molecule has 0 amide bonds. The molecule has 0 bridgehead atoms. The number of halogens is 9. The molecular weight excluding hydrogens is 494 g/mol. The molecule has 0 aliphatic heterocycles. The molecular formula is C3H3F9LiN3Na2O6S3. The molecule has 0 aromatic heterocycles. The van der Waals surface area contributed by atoms with Crippen LogP contribution in [0.3, 0.4) is 0 Å². The van der Waals surface area contributed by atoms with Crippen LogP contribution in [0.25, 0.3) is 15.4 Å². The monoisotopic (exact) mass is 497 g/mol. The summed E-state index contributed by atoms with van der Waals surface area (Å²) in [5.41, 5.74) is -16.3. The van der Waals surface area contributed by atoms with Crippen LogP contribution in [-0.2, 0) is 30.1 Å². The Morgan fingerprint density at radius 1 is 0.444 bits per heavy atom. The summed E-state index contributed by atoms with van der Waals surface area (Å²) >= 11 is 0. The van der Waals surface area contributed by atoms with E-state index >= 15 is 0 Å². The van der Waals surface area contributed by atoms with E-state index in [4.69, 9.17) is 15.4 Å². The normalized spacial score (nSPS) is 12.4. The second-order valence-corrected chi connectivity index (χ2v) is 7.26. The summed E-state index contributed by atoms with van der Waals surface area (Å²) in [7, 11) is -16.8. The van der Waals surface area contributed by atoms with Crippen LogP contribution in [0.1, 0.15) is 0 Å². The third kappa shape index (κ3) is 22.2. The Labute approximate surface area is 202 Å². The van der Waals surface area contributed by atoms with E-state index in [1.807, 2.05) is 0 Å². The molecule has 0 spiro atoms. The van der Waals surface area contributed by atoms with Crippen molar-refractivity contribution in [3.8, 4) is 0 Å². The maximum absolute atomic E-state index is 10.8. The Hall–Kier alpha value is 1.70. The summed E-state index contributed by atoms with van der Waals surface area (Å²) in [4.78, 5) is 0. The van der Waals surface area contributed by atoms with Gasteiger partial charge in [0.25, 0.3) is 0 Å². The van der Waals surface area contributed by atoms with E-state index in [2.05, 4.69) is 0 Å². The molecule has 0 atom stereocenters. The Morgan fingerprint density at radius 3 is 0.481 bits per heavy atom. The molecule has 0 saturated carbocycles. The number of nitrogens with one attached hydrogen (secondary N) is 3. The zero-order valence-corrected chi connectivity index (χ0v) is 19.5. The fourth-order valence-electron chi connectivity index (χ4n) is 0. The van der Waals surface area contributed by atoms with Crippen LogP contribution >= 0.6 is 0 Å². The van der Waals surface area contributed by atoms with Crippen LogP contribution in [0.2, 0.25) is 0 Å². The quantitative estimate of drug-likeness (QED) is 0.238. The summed E-state index contributed by atoms with van der Waals surface area (Å²) in [6, 6.07) is 0. The van der Waals surface area contributed by atoms with Gasteiger partial charge in [-0.1, -0.05) is 0 Å². The van der Waals surface area contributed by atoms with Crippen LogP contribution in [0.5, 0.6) is 0 Å². The molecule has 150 valence electrons. The van der Waals surface area contributed by atoms with E-state index in [9.17, 15) is 64.8 Å². The molecule has 0 aliphatic carbocycles. The minimum Gasteiger partial charge on any atom is -0.556 e. The summed E-state index contributed by atoms with van der Waals surface area (Å²) in [5, 5.41) is 16.3. The summed E-state index contributed by atoms with van der Waals surface area (Å²) in [6.45, 7) is 0. The molecule has 24 heteroatoms. The SMILES string of the molecule is [Li+].[NH-]S(=O)(=O)C(F)(F)F.[NH-]S(=O)(=O)C(F)(F)F.[NH-]S(=O)(=O)C(F)(F)F.[Na+].[Na+]. The minimum atomic E-state index is -5.59. The van der Waals surface area contributed by atoms with Gasteiger partial charge < -0.3 is 15.4 Å². The van der Waals surface area contributed by atoms with Crippen LogP contribution < -0.4 is 78.0 Å². The molecule has 0 unspecified atom stereocenters. The van der Waals surface area contributed by atoms with Gasteiger partial charge in [0.2, 0.25) is 0 Å². The van der Waals surface area contributed by atoms with E-state index < -0.39 is 46.6 Å². The summed E-state index contributed by atoms with van der Waals surface area (Å²) < 4.78 is 152. The van der Waals surface area contributed by atoms with Gasteiger partial charge in [0.05, 0.1) is 0 Å².